The third-order valence-corrected chi connectivity index (χ3v) is 5.54. The zero-order valence-electron chi connectivity index (χ0n) is 20.6. The Balaban J connectivity index is 1.48. The van der Waals surface area contributed by atoms with E-state index in [2.05, 4.69) is 47.4 Å². The van der Waals surface area contributed by atoms with Gasteiger partial charge >= 0.3 is 5.97 Å². The number of rotatable bonds is 12. The number of hydrazine groups is 4. The molecule has 16 heteroatoms. The number of nitrogens with one attached hydrogen (secondary N) is 6. The topological polar surface area (TPSA) is 257 Å². The molecule has 2 heterocycles. The maximum absolute atomic E-state index is 11.2. The van der Waals surface area contributed by atoms with Gasteiger partial charge < -0.3 is 37.0 Å². The number of anilines is 6. The van der Waals surface area contributed by atoms with Crippen LogP contribution >= 0.6 is 0 Å². The summed E-state index contributed by atoms with van der Waals surface area (Å²) in [6, 6.07) is 15.4. The molecule has 40 heavy (non-hydrogen) atoms. The van der Waals surface area contributed by atoms with Crippen molar-refractivity contribution in [3.05, 3.63) is 71.8 Å². The molecule has 16 nitrogen and oxygen atoms in total. The van der Waals surface area contributed by atoms with E-state index in [0.717, 1.165) is 0 Å². The molecule has 4 aromatic rings. The number of hydrogen-bond donors (Lipinski definition) is 12. The van der Waals surface area contributed by atoms with E-state index in [4.69, 9.17) is 16.9 Å². The van der Waals surface area contributed by atoms with Crippen molar-refractivity contribution in [1.82, 2.24) is 9.97 Å². The number of phenols is 2. The minimum atomic E-state index is -1.27. The van der Waals surface area contributed by atoms with Crippen molar-refractivity contribution in [3.8, 4) is 22.9 Å². The van der Waals surface area contributed by atoms with E-state index in [1.807, 2.05) is 0 Å². The molecule has 0 spiro atoms. The number of nitrogen functional groups attached to an aromatic ring is 2. The smallest absolute Gasteiger partial charge is 0.339 e. The van der Waals surface area contributed by atoms with Gasteiger partial charge in [-0.3, -0.25) is 16.1 Å². The number of nitrogens with zero attached hydrogens (tertiary/aromatic N) is 2. The molecule has 0 amide bonds. The lowest BCUT2D eigenvalue weighted by Gasteiger charge is -2.16. The first kappa shape index (κ1) is 27.5. The molecule has 0 aliphatic heterocycles. The van der Waals surface area contributed by atoms with Crippen molar-refractivity contribution in [2.45, 2.75) is 6.61 Å². The van der Waals surface area contributed by atoms with Crippen LogP contribution in [0, 0.1) is 0 Å². The number of hydrogen-bond acceptors (Lipinski definition) is 15. The van der Waals surface area contributed by atoms with Gasteiger partial charge in [-0.1, -0.05) is 0 Å². The number of carboxylic acid groups (broad SMARTS) is 1. The van der Waals surface area contributed by atoms with Gasteiger partial charge in [0, 0.05) is 5.56 Å². The Hall–Kier alpha value is -5.55. The second-order valence-electron chi connectivity index (χ2n) is 8.13. The molecule has 2 aromatic heterocycles. The molecule has 0 radical (unpaired) electrons. The SMILES string of the molecule is NNc1nc(-c2ccc(NNc3ccc(O)c(C(=O)O)c3)c(NN)n2)ccc1NNc1ccc(O)c(COO)c1. The summed E-state index contributed by atoms with van der Waals surface area (Å²) in [5, 5.41) is 37.3. The molecule has 2 aromatic carbocycles. The second kappa shape index (κ2) is 12.3. The highest BCUT2D eigenvalue weighted by Crippen LogP contribution is 2.29. The zero-order chi connectivity index (χ0) is 28.6. The van der Waals surface area contributed by atoms with E-state index in [0.29, 0.717) is 39.7 Å². The van der Waals surface area contributed by atoms with E-state index in [1.165, 1.54) is 24.3 Å². The van der Waals surface area contributed by atoms with E-state index in [1.54, 1.807) is 36.4 Å². The Kier molecular flexibility index (Phi) is 8.47. The summed E-state index contributed by atoms with van der Waals surface area (Å²) in [6.07, 6.45) is 0. The second-order valence-corrected chi connectivity index (χ2v) is 8.13. The lowest BCUT2D eigenvalue weighted by Crippen LogP contribution is -2.17. The van der Waals surface area contributed by atoms with Crippen LogP contribution < -0.4 is 44.2 Å². The lowest BCUT2D eigenvalue weighted by molar-refractivity contribution is -0.253. The first-order valence-electron chi connectivity index (χ1n) is 11.5. The summed E-state index contributed by atoms with van der Waals surface area (Å²) in [4.78, 5) is 24.3. The third-order valence-electron chi connectivity index (χ3n) is 5.54. The first-order valence-corrected chi connectivity index (χ1v) is 11.5. The maximum atomic E-state index is 11.2. The summed E-state index contributed by atoms with van der Waals surface area (Å²) in [7, 11) is 0. The Morgan fingerprint density at radius 1 is 0.750 bits per heavy atom. The molecule has 208 valence electrons. The largest absolute Gasteiger partial charge is 0.508 e. The van der Waals surface area contributed by atoms with Gasteiger partial charge in [-0.15, -0.1) is 0 Å². The van der Waals surface area contributed by atoms with Gasteiger partial charge in [0.1, 0.15) is 23.7 Å². The molecule has 0 aliphatic carbocycles. The van der Waals surface area contributed by atoms with Crippen molar-refractivity contribution in [2.75, 3.05) is 32.6 Å². The number of phenolic OH excluding ortho intramolecular Hbond substituents is 1. The standard InChI is InChI=1S/C24H26N10O6/c25-29-22-18(33-31-13-1-7-20(35)12(9-13)11-40-39)5-3-16(27-22)17-4-6-19(23(28-17)30-26)34-32-14-2-8-21(36)15(10-14)24(37)38/h1-10,31-36,39H,11,25-26H2,(H,27,29)(H,28,30)(H,37,38). The van der Waals surface area contributed by atoms with E-state index < -0.39 is 5.97 Å². The number of aromatic nitrogens is 2. The number of pyridine rings is 2. The summed E-state index contributed by atoms with van der Waals surface area (Å²) >= 11 is 0. The summed E-state index contributed by atoms with van der Waals surface area (Å²) < 4.78 is 0. The predicted octanol–water partition coefficient (Wildman–Crippen LogP) is 2.69. The van der Waals surface area contributed by atoms with Gasteiger partial charge in [0.15, 0.2) is 11.6 Å². The van der Waals surface area contributed by atoms with E-state index in [9.17, 15) is 20.1 Å². The van der Waals surface area contributed by atoms with Crippen LogP contribution in [0.4, 0.5) is 34.4 Å². The van der Waals surface area contributed by atoms with Gasteiger partial charge in [0.25, 0.3) is 0 Å². The van der Waals surface area contributed by atoms with Crippen LogP contribution in [-0.4, -0.2) is 36.5 Å². The third kappa shape index (κ3) is 6.29. The van der Waals surface area contributed by atoms with E-state index in [-0.39, 0.29) is 35.3 Å². The number of aromatic hydroxyl groups is 2. The summed E-state index contributed by atoms with van der Waals surface area (Å²) in [5.41, 5.74) is 19.6. The minimum absolute atomic E-state index is 0.0292. The van der Waals surface area contributed by atoms with Crippen molar-refractivity contribution in [3.63, 3.8) is 0 Å². The maximum Gasteiger partial charge on any atom is 0.339 e. The molecule has 0 aliphatic rings. The van der Waals surface area contributed by atoms with Crippen LogP contribution in [-0.2, 0) is 11.5 Å². The fourth-order valence-corrected chi connectivity index (χ4v) is 3.54. The summed E-state index contributed by atoms with van der Waals surface area (Å²) in [5.74, 6) is 10.2. The van der Waals surface area contributed by atoms with Crippen LogP contribution in [0.25, 0.3) is 11.4 Å². The lowest BCUT2D eigenvalue weighted by atomic mass is 10.2. The molecular formula is C24H26N10O6. The molecule has 0 fully saturated rings. The highest BCUT2D eigenvalue weighted by molar-refractivity contribution is 5.92. The van der Waals surface area contributed by atoms with Crippen LogP contribution in [0.15, 0.2) is 60.7 Å². The quantitative estimate of drug-likeness (QED) is 0.0523. The van der Waals surface area contributed by atoms with Crippen LogP contribution in [0.1, 0.15) is 15.9 Å². The number of aromatic carboxylic acids is 1. The molecule has 0 bridgehead atoms. The molecule has 0 saturated carbocycles. The number of benzene rings is 2. The summed E-state index contributed by atoms with van der Waals surface area (Å²) in [6.45, 7) is -0.188. The monoisotopic (exact) mass is 550 g/mol. The van der Waals surface area contributed by atoms with E-state index >= 15 is 0 Å². The molecular weight excluding hydrogens is 524 g/mol. The van der Waals surface area contributed by atoms with Crippen LogP contribution in [0.3, 0.4) is 0 Å². The number of nitrogens with two attached hydrogens (primary N) is 2. The fraction of sp³-hybridized carbons (Fsp3) is 0.0417. The predicted molar refractivity (Wildman–Crippen MR) is 148 cm³/mol. The average Bonchev–Trinajstić information content (AvgIpc) is 2.97. The highest BCUT2D eigenvalue weighted by Gasteiger charge is 2.13. The van der Waals surface area contributed by atoms with Gasteiger partial charge in [-0.2, -0.15) is 0 Å². The fourth-order valence-electron chi connectivity index (χ4n) is 3.54. The van der Waals surface area contributed by atoms with Gasteiger partial charge in [0.2, 0.25) is 0 Å². The molecule has 0 saturated heterocycles. The van der Waals surface area contributed by atoms with Crippen LogP contribution in [0.5, 0.6) is 11.5 Å². The number of carbonyl (C=O) groups is 1. The van der Waals surface area contributed by atoms with Crippen molar-refractivity contribution in [1.29, 1.82) is 0 Å². The van der Waals surface area contributed by atoms with Gasteiger partial charge in [0.05, 0.1) is 34.1 Å². The first-order chi connectivity index (χ1) is 19.3. The Morgan fingerprint density at radius 3 is 1.77 bits per heavy atom. The Labute approximate surface area is 226 Å². The molecule has 4 rings (SSSR count). The average molecular weight is 551 g/mol. The van der Waals surface area contributed by atoms with Crippen molar-refractivity contribution >= 4 is 40.4 Å². The van der Waals surface area contributed by atoms with Crippen molar-refractivity contribution in [2.24, 2.45) is 11.7 Å². The number of carboxylic acids is 1. The molecule has 0 atom stereocenters. The van der Waals surface area contributed by atoms with Crippen molar-refractivity contribution < 1.29 is 30.3 Å². The zero-order valence-corrected chi connectivity index (χ0v) is 20.6. The Bertz CT molecular complexity index is 1520. The Morgan fingerprint density at radius 2 is 1.27 bits per heavy atom. The normalized spacial score (nSPS) is 10.5. The molecule has 0 unspecified atom stereocenters. The van der Waals surface area contributed by atoms with Crippen LogP contribution in [0.2, 0.25) is 0 Å². The highest BCUT2D eigenvalue weighted by atomic mass is 17.1. The van der Waals surface area contributed by atoms with Gasteiger partial charge in [-0.05, 0) is 60.7 Å². The van der Waals surface area contributed by atoms with Gasteiger partial charge in [-0.25, -0.2) is 31.3 Å². The molecule has 14 N–H and O–H groups in total. The minimum Gasteiger partial charge on any atom is -0.508 e.